The lowest BCUT2D eigenvalue weighted by atomic mass is 9.90. The Kier molecular flexibility index (Phi) is 3.62. The van der Waals surface area contributed by atoms with E-state index in [1.807, 2.05) is 36.4 Å². The predicted octanol–water partition coefficient (Wildman–Crippen LogP) is 4.85. The molecule has 120 valence electrons. The van der Waals surface area contributed by atoms with Crippen LogP contribution in [0.2, 0.25) is 0 Å². The molecule has 0 radical (unpaired) electrons. The van der Waals surface area contributed by atoms with Crippen molar-refractivity contribution >= 4 is 27.4 Å². The van der Waals surface area contributed by atoms with E-state index in [0.717, 1.165) is 16.2 Å². The van der Waals surface area contributed by atoms with Gasteiger partial charge in [0, 0.05) is 20.7 Å². The number of para-hydroxylation sites is 1. The molecule has 4 rings (SSSR count). The molecule has 3 aromatic rings. The topological polar surface area (TPSA) is 35.5 Å². The van der Waals surface area contributed by atoms with Gasteiger partial charge in [-0.05, 0) is 23.6 Å². The summed E-state index contributed by atoms with van der Waals surface area (Å²) in [7, 11) is 1.62. The Hall–Kier alpha value is -2.59. The molecule has 4 heteroatoms. The van der Waals surface area contributed by atoms with Crippen molar-refractivity contribution in [1.82, 2.24) is 0 Å². The van der Waals surface area contributed by atoms with Crippen LogP contribution in [-0.2, 0) is 9.53 Å². The maximum atomic E-state index is 12.2. The number of hydrogen-bond acceptors (Lipinski definition) is 4. The highest BCUT2D eigenvalue weighted by Crippen LogP contribution is 2.49. The van der Waals surface area contributed by atoms with Gasteiger partial charge < -0.3 is 9.47 Å². The zero-order chi connectivity index (χ0) is 16.7. The number of thiophene rings is 1. The fourth-order valence-electron chi connectivity index (χ4n) is 3.19. The van der Waals surface area contributed by atoms with Gasteiger partial charge in [-0.15, -0.1) is 11.3 Å². The van der Waals surface area contributed by atoms with Gasteiger partial charge in [0.2, 0.25) is 0 Å². The van der Waals surface area contributed by atoms with E-state index in [0.29, 0.717) is 5.57 Å². The average molecular weight is 336 g/mol. The molecule has 1 aromatic heterocycles. The number of hydrogen-bond donors (Lipinski definition) is 0. The number of benzene rings is 2. The molecular formula is C20H16O3S. The van der Waals surface area contributed by atoms with Gasteiger partial charge in [-0.2, -0.15) is 0 Å². The number of carbonyl (C=O) groups excluding carboxylic acids is 1. The third-order valence-electron chi connectivity index (χ3n) is 4.37. The minimum absolute atomic E-state index is 0.189. The van der Waals surface area contributed by atoms with E-state index in [-0.39, 0.29) is 11.9 Å². The Morgan fingerprint density at radius 1 is 1.12 bits per heavy atom. The minimum Gasteiger partial charge on any atom is -0.496 e. The first-order valence-electron chi connectivity index (χ1n) is 7.70. The van der Waals surface area contributed by atoms with Crippen LogP contribution < -0.4 is 4.74 Å². The molecule has 0 bridgehead atoms. The Bertz CT molecular complexity index is 908. The quantitative estimate of drug-likeness (QED) is 0.507. The lowest BCUT2D eigenvalue weighted by molar-refractivity contribution is -0.139. The average Bonchev–Trinajstić information content (AvgIpc) is 3.16. The Labute approximate surface area is 144 Å². The summed E-state index contributed by atoms with van der Waals surface area (Å²) in [4.78, 5) is 13.3. The molecule has 1 aliphatic rings. The Morgan fingerprint density at radius 2 is 1.88 bits per heavy atom. The second kappa shape index (κ2) is 5.80. The maximum absolute atomic E-state index is 12.2. The van der Waals surface area contributed by atoms with Crippen molar-refractivity contribution in [2.75, 3.05) is 7.11 Å². The SMILES string of the molecule is C=C1C(=O)OC(c2ccccc2OC)C1c1cc2ccccc2s1. The number of methoxy groups -OCH3 is 1. The number of cyclic esters (lactones) is 1. The van der Waals surface area contributed by atoms with Crippen molar-refractivity contribution < 1.29 is 14.3 Å². The van der Waals surface area contributed by atoms with Crippen LogP contribution in [0.1, 0.15) is 22.5 Å². The van der Waals surface area contributed by atoms with Gasteiger partial charge >= 0.3 is 5.97 Å². The molecule has 2 atom stereocenters. The summed E-state index contributed by atoms with van der Waals surface area (Å²) in [5, 5.41) is 1.17. The number of carbonyl (C=O) groups is 1. The van der Waals surface area contributed by atoms with Crippen LogP contribution in [0, 0.1) is 0 Å². The molecule has 1 saturated heterocycles. The van der Waals surface area contributed by atoms with Gasteiger partial charge in [0.25, 0.3) is 0 Å². The van der Waals surface area contributed by atoms with E-state index >= 15 is 0 Å². The largest absolute Gasteiger partial charge is 0.496 e. The molecule has 0 N–H and O–H groups in total. The first-order valence-corrected chi connectivity index (χ1v) is 8.52. The molecule has 0 spiro atoms. The summed E-state index contributed by atoms with van der Waals surface area (Å²) in [6, 6.07) is 18.0. The maximum Gasteiger partial charge on any atom is 0.334 e. The summed E-state index contributed by atoms with van der Waals surface area (Å²) in [5.41, 5.74) is 1.37. The molecule has 2 aromatic carbocycles. The fraction of sp³-hybridized carbons (Fsp3) is 0.150. The van der Waals surface area contributed by atoms with Gasteiger partial charge in [0.15, 0.2) is 0 Å². The Morgan fingerprint density at radius 3 is 2.67 bits per heavy atom. The smallest absolute Gasteiger partial charge is 0.334 e. The summed E-state index contributed by atoms with van der Waals surface area (Å²) >= 11 is 1.68. The molecule has 0 saturated carbocycles. The van der Waals surface area contributed by atoms with Crippen molar-refractivity contribution in [1.29, 1.82) is 0 Å². The van der Waals surface area contributed by atoms with Gasteiger partial charge in [-0.25, -0.2) is 4.79 Å². The van der Waals surface area contributed by atoms with Crippen LogP contribution in [0.5, 0.6) is 5.75 Å². The van der Waals surface area contributed by atoms with E-state index in [4.69, 9.17) is 9.47 Å². The molecule has 2 unspecified atom stereocenters. The number of ether oxygens (including phenoxy) is 2. The first-order chi connectivity index (χ1) is 11.7. The van der Waals surface area contributed by atoms with Gasteiger partial charge in [-0.1, -0.05) is 43.0 Å². The number of rotatable bonds is 3. The molecule has 24 heavy (non-hydrogen) atoms. The third-order valence-corrected chi connectivity index (χ3v) is 5.57. The monoisotopic (exact) mass is 336 g/mol. The van der Waals surface area contributed by atoms with Crippen molar-refractivity contribution in [3.05, 3.63) is 77.2 Å². The lowest BCUT2D eigenvalue weighted by Crippen LogP contribution is -2.07. The van der Waals surface area contributed by atoms with Crippen molar-refractivity contribution in [2.45, 2.75) is 12.0 Å². The minimum atomic E-state index is -0.408. The molecule has 1 fully saturated rings. The standard InChI is InChI=1S/C20H16O3S/c1-12-18(17-11-13-7-3-6-10-16(13)24-17)19(23-20(12)21)14-8-4-5-9-15(14)22-2/h3-11,18-19H,1H2,2H3. The van der Waals surface area contributed by atoms with Crippen molar-refractivity contribution in [3.63, 3.8) is 0 Å². The molecule has 1 aliphatic heterocycles. The van der Waals surface area contributed by atoms with Crippen LogP contribution in [0.4, 0.5) is 0 Å². The molecule has 0 aliphatic carbocycles. The van der Waals surface area contributed by atoms with Crippen LogP contribution in [0.3, 0.4) is 0 Å². The number of fused-ring (bicyclic) bond motifs is 1. The summed E-state index contributed by atoms with van der Waals surface area (Å²) < 4.78 is 12.3. The summed E-state index contributed by atoms with van der Waals surface area (Å²) in [6.07, 6.45) is -0.408. The summed E-state index contributed by atoms with van der Waals surface area (Å²) in [6.45, 7) is 3.99. The Balaban J connectivity index is 1.84. The van der Waals surface area contributed by atoms with Crippen LogP contribution in [0.15, 0.2) is 66.7 Å². The molecular weight excluding hydrogens is 320 g/mol. The molecule has 2 heterocycles. The van der Waals surface area contributed by atoms with Crippen LogP contribution in [-0.4, -0.2) is 13.1 Å². The highest BCUT2D eigenvalue weighted by atomic mass is 32.1. The molecule has 0 amide bonds. The van der Waals surface area contributed by atoms with E-state index < -0.39 is 6.10 Å². The van der Waals surface area contributed by atoms with E-state index in [2.05, 4.69) is 24.8 Å². The normalized spacial score (nSPS) is 20.4. The highest BCUT2D eigenvalue weighted by Gasteiger charge is 2.42. The molecule has 3 nitrogen and oxygen atoms in total. The van der Waals surface area contributed by atoms with E-state index in [9.17, 15) is 4.79 Å². The van der Waals surface area contributed by atoms with Gasteiger partial charge in [0.1, 0.15) is 11.9 Å². The number of esters is 1. The summed E-state index contributed by atoms with van der Waals surface area (Å²) in [5.74, 6) is 0.190. The van der Waals surface area contributed by atoms with Crippen molar-refractivity contribution in [3.8, 4) is 5.75 Å². The fourth-order valence-corrected chi connectivity index (χ4v) is 4.41. The second-order valence-electron chi connectivity index (χ2n) is 5.76. The first kappa shape index (κ1) is 15.0. The zero-order valence-electron chi connectivity index (χ0n) is 13.2. The van der Waals surface area contributed by atoms with E-state index in [1.54, 1.807) is 18.4 Å². The van der Waals surface area contributed by atoms with Crippen LogP contribution in [0.25, 0.3) is 10.1 Å². The van der Waals surface area contributed by atoms with E-state index in [1.165, 1.54) is 10.1 Å². The third kappa shape index (κ3) is 2.31. The van der Waals surface area contributed by atoms with Gasteiger partial charge in [-0.3, -0.25) is 0 Å². The van der Waals surface area contributed by atoms with Crippen molar-refractivity contribution in [2.24, 2.45) is 0 Å². The highest BCUT2D eigenvalue weighted by molar-refractivity contribution is 7.19. The lowest BCUT2D eigenvalue weighted by Gasteiger charge is -2.19. The second-order valence-corrected chi connectivity index (χ2v) is 6.87. The van der Waals surface area contributed by atoms with Gasteiger partial charge in [0.05, 0.1) is 13.0 Å². The van der Waals surface area contributed by atoms with Crippen LogP contribution >= 0.6 is 11.3 Å². The zero-order valence-corrected chi connectivity index (χ0v) is 14.0. The predicted molar refractivity (Wildman–Crippen MR) is 95.5 cm³/mol.